The average Bonchev–Trinajstić information content (AvgIpc) is 2.95. The highest BCUT2D eigenvalue weighted by Gasteiger charge is 2.28. The van der Waals surface area contributed by atoms with Crippen LogP contribution in [0.4, 0.5) is 9.80 Å². The molecular weight excluding hydrogens is 270 g/mol. The quantitative estimate of drug-likeness (QED) is 0.820. The zero-order chi connectivity index (χ0) is 13.8. The molecule has 1 aromatic heterocycles. The van der Waals surface area contributed by atoms with E-state index in [0.29, 0.717) is 10.6 Å². The van der Waals surface area contributed by atoms with E-state index in [4.69, 9.17) is 14.6 Å². The number of esters is 1. The van der Waals surface area contributed by atoms with Crippen molar-refractivity contribution in [1.82, 2.24) is 0 Å². The van der Waals surface area contributed by atoms with Crippen molar-refractivity contribution < 1.29 is 24.2 Å². The van der Waals surface area contributed by atoms with Crippen molar-refractivity contribution in [2.75, 3.05) is 25.6 Å². The first-order valence-corrected chi connectivity index (χ1v) is 6.76. The van der Waals surface area contributed by atoms with Crippen LogP contribution in [0.25, 0.3) is 0 Å². The first-order chi connectivity index (χ1) is 9.17. The minimum atomic E-state index is -0.681. The van der Waals surface area contributed by atoms with E-state index in [1.807, 2.05) is 0 Å². The maximum absolute atomic E-state index is 11.8. The monoisotopic (exact) mass is 285 g/mol. The maximum Gasteiger partial charge on any atom is 0.412 e. The van der Waals surface area contributed by atoms with Gasteiger partial charge < -0.3 is 14.6 Å². The Morgan fingerprint density at radius 3 is 2.89 bits per heavy atom. The van der Waals surface area contributed by atoms with E-state index in [1.165, 1.54) is 18.4 Å². The topological polar surface area (TPSA) is 84.9 Å². The summed E-state index contributed by atoms with van der Waals surface area (Å²) < 4.78 is 9.48. The molecule has 6 nitrogen and oxygen atoms in total. The summed E-state index contributed by atoms with van der Waals surface area (Å²) in [4.78, 5) is 24.4. The van der Waals surface area contributed by atoms with Gasteiger partial charge >= 0.3 is 12.1 Å². The number of ether oxygens (including phenoxy) is 2. The largest absolute Gasteiger partial charge is 0.465 e. The van der Waals surface area contributed by atoms with Gasteiger partial charge in [0.2, 0.25) is 0 Å². The van der Waals surface area contributed by atoms with Crippen molar-refractivity contribution >= 4 is 28.4 Å². The van der Waals surface area contributed by atoms with Crippen LogP contribution in [-0.4, -0.2) is 37.5 Å². The average molecular weight is 285 g/mol. The standard InChI is InChI=1S/C12H15NO5S/c1-17-11(15)9-7-3-2-4-8(7)19-10(9)13-12(16)18-6-5-14/h14H,2-6H2,1H3,(H,13,16). The Kier molecular flexibility index (Phi) is 4.39. The number of carbonyl (C=O) groups is 2. The van der Waals surface area contributed by atoms with E-state index in [1.54, 1.807) is 0 Å². The van der Waals surface area contributed by atoms with Gasteiger partial charge in [-0.2, -0.15) is 0 Å². The zero-order valence-electron chi connectivity index (χ0n) is 10.5. The second-order valence-corrected chi connectivity index (χ2v) is 5.14. The van der Waals surface area contributed by atoms with Crippen molar-refractivity contribution in [3.05, 3.63) is 16.0 Å². The number of rotatable bonds is 4. The Hall–Kier alpha value is -1.60. The number of anilines is 1. The molecule has 0 fully saturated rings. The minimum Gasteiger partial charge on any atom is -0.465 e. The molecule has 0 bridgehead atoms. The molecule has 0 unspecified atom stereocenters. The summed E-state index contributed by atoms with van der Waals surface area (Å²) in [6, 6.07) is 0. The minimum absolute atomic E-state index is 0.0789. The van der Waals surface area contributed by atoms with E-state index in [-0.39, 0.29) is 13.2 Å². The molecule has 104 valence electrons. The molecule has 0 aromatic carbocycles. The van der Waals surface area contributed by atoms with Crippen LogP contribution in [0.5, 0.6) is 0 Å². The fourth-order valence-electron chi connectivity index (χ4n) is 2.08. The van der Waals surface area contributed by atoms with Crippen LogP contribution in [-0.2, 0) is 22.3 Å². The number of nitrogens with one attached hydrogen (secondary N) is 1. The van der Waals surface area contributed by atoms with Crippen molar-refractivity contribution in [3.8, 4) is 0 Å². The highest BCUT2D eigenvalue weighted by molar-refractivity contribution is 7.17. The van der Waals surface area contributed by atoms with Crippen LogP contribution in [0, 0.1) is 0 Å². The molecule has 0 saturated carbocycles. The van der Waals surface area contributed by atoms with Crippen LogP contribution in [0.1, 0.15) is 27.2 Å². The van der Waals surface area contributed by atoms with Gasteiger partial charge in [0.05, 0.1) is 19.3 Å². The number of carbonyl (C=O) groups excluding carboxylic acids is 2. The first kappa shape index (κ1) is 13.8. The molecule has 1 amide bonds. The van der Waals surface area contributed by atoms with Crippen molar-refractivity contribution in [2.45, 2.75) is 19.3 Å². The summed E-state index contributed by atoms with van der Waals surface area (Å²) >= 11 is 1.38. The summed E-state index contributed by atoms with van der Waals surface area (Å²) in [6.07, 6.45) is 2.07. The molecule has 19 heavy (non-hydrogen) atoms. The molecule has 0 radical (unpaired) electrons. The molecule has 0 spiro atoms. The third-order valence-electron chi connectivity index (χ3n) is 2.85. The van der Waals surface area contributed by atoms with E-state index in [0.717, 1.165) is 29.7 Å². The molecule has 0 atom stereocenters. The molecule has 1 aromatic rings. The van der Waals surface area contributed by atoms with Crippen molar-refractivity contribution in [3.63, 3.8) is 0 Å². The van der Waals surface area contributed by atoms with Gasteiger partial charge in [-0.3, -0.25) is 5.32 Å². The van der Waals surface area contributed by atoms with E-state index in [9.17, 15) is 9.59 Å². The number of thiophene rings is 1. The second kappa shape index (κ2) is 6.03. The second-order valence-electron chi connectivity index (χ2n) is 4.04. The third-order valence-corrected chi connectivity index (χ3v) is 4.06. The number of hydrogen-bond acceptors (Lipinski definition) is 6. The number of aliphatic hydroxyl groups is 1. The highest BCUT2D eigenvalue weighted by atomic mass is 32.1. The van der Waals surface area contributed by atoms with Gasteiger partial charge in [0, 0.05) is 4.88 Å². The normalized spacial score (nSPS) is 12.9. The molecule has 1 aliphatic rings. The van der Waals surface area contributed by atoms with Crippen LogP contribution >= 0.6 is 11.3 Å². The smallest absolute Gasteiger partial charge is 0.412 e. The van der Waals surface area contributed by atoms with Crippen LogP contribution in [0.15, 0.2) is 0 Å². The summed E-state index contributed by atoms with van der Waals surface area (Å²) in [5.41, 5.74) is 1.40. The molecule has 0 saturated heterocycles. The summed E-state index contributed by atoms with van der Waals surface area (Å²) in [6.45, 7) is -0.317. The van der Waals surface area contributed by atoms with Gasteiger partial charge in [-0.05, 0) is 24.8 Å². The summed E-state index contributed by atoms with van der Waals surface area (Å²) in [7, 11) is 1.31. The molecular formula is C12H15NO5S. The van der Waals surface area contributed by atoms with Gasteiger partial charge in [-0.15, -0.1) is 11.3 Å². The number of aryl methyl sites for hydroxylation is 1. The fourth-order valence-corrected chi connectivity index (χ4v) is 3.34. The molecule has 2 N–H and O–H groups in total. The van der Waals surface area contributed by atoms with Crippen molar-refractivity contribution in [2.24, 2.45) is 0 Å². The Bertz CT molecular complexity index is 497. The summed E-state index contributed by atoms with van der Waals surface area (Å²) in [5.74, 6) is -0.447. The number of aliphatic hydroxyl groups excluding tert-OH is 1. The van der Waals surface area contributed by atoms with Crippen LogP contribution in [0.3, 0.4) is 0 Å². The number of methoxy groups -OCH3 is 1. The lowest BCUT2D eigenvalue weighted by molar-refractivity contribution is 0.0601. The van der Waals surface area contributed by atoms with E-state index >= 15 is 0 Å². The first-order valence-electron chi connectivity index (χ1n) is 5.95. The van der Waals surface area contributed by atoms with Gasteiger partial charge in [-0.1, -0.05) is 0 Å². The fraction of sp³-hybridized carbons (Fsp3) is 0.500. The Balaban J connectivity index is 2.20. The van der Waals surface area contributed by atoms with Gasteiger partial charge in [0.15, 0.2) is 0 Å². The number of fused-ring (bicyclic) bond motifs is 1. The molecule has 2 rings (SSSR count). The third kappa shape index (κ3) is 2.87. The van der Waals surface area contributed by atoms with Crippen LogP contribution < -0.4 is 5.32 Å². The lowest BCUT2D eigenvalue weighted by Gasteiger charge is -2.07. The predicted molar refractivity (Wildman–Crippen MR) is 69.7 cm³/mol. The van der Waals surface area contributed by atoms with Gasteiger partial charge in [0.1, 0.15) is 11.6 Å². The Morgan fingerprint density at radius 1 is 1.42 bits per heavy atom. The highest BCUT2D eigenvalue weighted by Crippen LogP contribution is 2.39. The SMILES string of the molecule is COC(=O)c1c(NC(=O)OCCO)sc2c1CCC2. The van der Waals surface area contributed by atoms with Crippen molar-refractivity contribution in [1.29, 1.82) is 0 Å². The summed E-state index contributed by atoms with van der Waals surface area (Å²) in [5, 5.41) is 11.6. The number of hydrogen-bond donors (Lipinski definition) is 2. The lowest BCUT2D eigenvalue weighted by atomic mass is 10.1. The number of amides is 1. The zero-order valence-corrected chi connectivity index (χ0v) is 11.3. The molecule has 1 aliphatic carbocycles. The van der Waals surface area contributed by atoms with E-state index < -0.39 is 12.1 Å². The van der Waals surface area contributed by atoms with Crippen LogP contribution in [0.2, 0.25) is 0 Å². The molecule has 7 heteroatoms. The lowest BCUT2D eigenvalue weighted by Crippen LogP contribution is -2.17. The van der Waals surface area contributed by atoms with Gasteiger partial charge in [0.25, 0.3) is 0 Å². The predicted octanol–water partition coefficient (Wildman–Crippen LogP) is 1.56. The Labute approximate surface area is 114 Å². The van der Waals surface area contributed by atoms with Gasteiger partial charge in [-0.25, -0.2) is 9.59 Å². The van der Waals surface area contributed by atoms with E-state index in [2.05, 4.69) is 5.32 Å². The molecule has 0 aliphatic heterocycles. The Morgan fingerprint density at radius 2 is 2.21 bits per heavy atom. The maximum atomic E-state index is 11.8. The molecule has 1 heterocycles.